The average Bonchev–Trinajstić information content (AvgIpc) is 3.07. The summed E-state index contributed by atoms with van der Waals surface area (Å²) in [5.74, 6) is -2.04. The van der Waals surface area contributed by atoms with Crippen LogP contribution in [0.3, 0.4) is 0 Å². The number of para-hydroxylation sites is 1. The number of carboxylic acids is 1. The lowest BCUT2D eigenvalue weighted by molar-refractivity contribution is -0.305. The van der Waals surface area contributed by atoms with Crippen LogP contribution in [0.25, 0.3) is 0 Å². The number of carbonyl (C=O) groups excluding carboxylic acids is 4. The highest BCUT2D eigenvalue weighted by Crippen LogP contribution is 2.26. The van der Waals surface area contributed by atoms with E-state index in [2.05, 4.69) is 0 Å². The lowest BCUT2D eigenvalue weighted by Crippen LogP contribution is -2.46. The fourth-order valence-corrected chi connectivity index (χ4v) is 3.56. The summed E-state index contributed by atoms with van der Waals surface area (Å²) in [5, 5.41) is 10.8. The summed E-state index contributed by atoms with van der Waals surface area (Å²) in [7, 11) is 1.56. The van der Waals surface area contributed by atoms with E-state index in [9.17, 15) is 24.3 Å². The van der Waals surface area contributed by atoms with Gasteiger partial charge in [0.25, 0.3) is 5.91 Å². The second-order valence-corrected chi connectivity index (χ2v) is 7.18. The number of rotatable bonds is 9. The van der Waals surface area contributed by atoms with Gasteiger partial charge in [-0.05, 0) is 42.7 Å². The van der Waals surface area contributed by atoms with Crippen molar-refractivity contribution in [3.05, 3.63) is 60.2 Å². The first-order valence-electron chi connectivity index (χ1n) is 9.95. The Labute approximate surface area is 180 Å². The van der Waals surface area contributed by atoms with Crippen molar-refractivity contribution >= 4 is 29.4 Å². The third-order valence-electron chi connectivity index (χ3n) is 5.18. The Morgan fingerprint density at radius 3 is 2.35 bits per heavy atom. The minimum Gasteiger partial charge on any atom is -0.550 e. The molecule has 0 unspecified atom stereocenters. The number of methoxy groups -OCH3 is 1. The number of carboxylic acid groups (broad SMARTS) is 1. The maximum Gasteiger partial charge on any atom is 0.257 e. The van der Waals surface area contributed by atoms with Gasteiger partial charge in [-0.1, -0.05) is 30.3 Å². The van der Waals surface area contributed by atoms with Crippen molar-refractivity contribution in [2.75, 3.05) is 18.6 Å². The molecule has 0 aromatic heterocycles. The van der Waals surface area contributed by atoms with Gasteiger partial charge in [-0.2, -0.15) is 0 Å². The maximum atomic E-state index is 13.1. The molecule has 3 rings (SSSR count). The van der Waals surface area contributed by atoms with E-state index in [-0.39, 0.29) is 19.4 Å². The van der Waals surface area contributed by atoms with Gasteiger partial charge in [-0.15, -0.1) is 0 Å². The van der Waals surface area contributed by atoms with Crippen molar-refractivity contribution in [3.8, 4) is 5.75 Å². The number of hydrogen-bond donors (Lipinski definition) is 0. The van der Waals surface area contributed by atoms with Crippen molar-refractivity contribution in [2.45, 2.75) is 31.7 Å². The summed E-state index contributed by atoms with van der Waals surface area (Å²) >= 11 is 0. The van der Waals surface area contributed by atoms with Gasteiger partial charge in [0, 0.05) is 18.9 Å². The summed E-state index contributed by atoms with van der Waals surface area (Å²) in [6.45, 7) is 0.171. The molecule has 0 bridgehead atoms. The molecule has 0 N–H and O–H groups in total. The first kappa shape index (κ1) is 22.0. The quantitative estimate of drug-likeness (QED) is 0.556. The van der Waals surface area contributed by atoms with Crippen LogP contribution < -0.4 is 14.7 Å². The van der Waals surface area contributed by atoms with E-state index in [1.54, 1.807) is 49.6 Å². The topological polar surface area (TPSA) is 107 Å². The van der Waals surface area contributed by atoms with Gasteiger partial charge in [-0.25, -0.2) is 4.90 Å². The van der Waals surface area contributed by atoms with E-state index in [4.69, 9.17) is 4.74 Å². The second-order valence-electron chi connectivity index (χ2n) is 7.18. The number of nitrogens with zero attached hydrogens (tertiary/aromatic N) is 2. The molecule has 1 aliphatic rings. The molecule has 2 aromatic rings. The van der Waals surface area contributed by atoms with Crippen LogP contribution in [0.4, 0.5) is 5.69 Å². The lowest BCUT2D eigenvalue weighted by Gasteiger charge is -2.28. The molecule has 2 aromatic carbocycles. The Balaban J connectivity index is 1.79. The Bertz CT molecular complexity index is 958. The molecule has 1 saturated heterocycles. The van der Waals surface area contributed by atoms with Crippen molar-refractivity contribution in [1.82, 2.24) is 4.90 Å². The molecule has 31 heavy (non-hydrogen) atoms. The smallest absolute Gasteiger partial charge is 0.257 e. The van der Waals surface area contributed by atoms with E-state index in [1.807, 2.05) is 12.1 Å². The van der Waals surface area contributed by atoms with Crippen LogP contribution in [-0.2, 0) is 25.6 Å². The number of ether oxygens (including phenoxy) is 1. The standard InChI is InChI=1S/C23H24N2O6/c1-31-18-9-7-16(8-10-18)13-14-24(20(26)11-12-22(28)29)19-15-21(27)25(23(19)30)17-5-3-2-4-6-17/h2-10,19H,11-15H2,1H3,(H,28,29)/p-1/t19-/m0/s1. The minimum atomic E-state index is -1.34. The third kappa shape index (κ3) is 5.28. The van der Waals surface area contributed by atoms with Crippen molar-refractivity contribution < 1.29 is 29.0 Å². The molecule has 162 valence electrons. The second kappa shape index (κ2) is 9.88. The van der Waals surface area contributed by atoms with E-state index < -0.39 is 36.2 Å². The summed E-state index contributed by atoms with van der Waals surface area (Å²) in [6, 6.07) is 14.8. The number of aliphatic carboxylic acids is 1. The number of carbonyl (C=O) groups is 4. The predicted molar refractivity (Wildman–Crippen MR) is 110 cm³/mol. The zero-order valence-electron chi connectivity index (χ0n) is 17.2. The average molecular weight is 423 g/mol. The van der Waals surface area contributed by atoms with E-state index in [0.717, 1.165) is 10.5 Å². The summed E-state index contributed by atoms with van der Waals surface area (Å²) < 4.78 is 5.13. The van der Waals surface area contributed by atoms with Crippen LogP contribution in [0, 0.1) is 0 Å². The van der Waals surface area contributed by atoms with Gasteiger partial charge >= 0.3 is 0 Å². The number of amides is 3. The molecule has 0 aliphatic carbocycles. The Kier molecular flexibility index (Phi) is 7.02. The molecule has 1 atom stereocenters. The van der Waals surface area contributed by atoms with Crippen LogP contribution in [0.5, 0.6) is 5.75 Å². The molecule has 0 radical (unpaired) electrons. The van der Waals surface area contributed by atoms with Crippen LogP contribution in [-0.4, -0.2) is 48.3 Å². The highest BCUT2D eigenvalue weighted by Gasteiger charge is 2.44. The molecule has 3 amide bonds. The fourth-order valence-electron chi connectivity index (χ4n) is 3.56. The normalized spacial score (nSPS) is 15.8. The van der Waals surface area contributed by atoms with Crippen molar-refractivity contribution in [1.29, 1.82) is 0 Å². The van der Waals surface area contributed by atoms with Gasteiger partial charge < -0.3 is 19.5 Å². The van der Waals surface area contributed by atoms with Crippen molar-refractivity contribution in [2.24, 2.45) is 0 Å². The molecule has 0 spiro atoms. The lowest BCUT2D eigenvalue weighted by atomic mass is 10.1. The zero-order valence-corrected chi connectivity index (χ0v) is 17.2. The van der Waals surface area contributed by atoms with Crippen LogP contribution in [0.1, 0.15) is 24.8 Å². The number of benzene rings is 2. The van der Waals surface area contributed by atoms with Crippen LogP contribution in [0.15, 0.2) is 54.6 Å². The highest BCUT2D eigenvalue weighted by molar-refractivity contribution is 6.23. The summed E-state index contributed by atoms with van der Waals surface area (Å²) in [5.41, 5.74) is 1.35. The largest absolute Gasteiger partial charge is 0.550 e. The molecular weight excluding hydrogens is 400 g/mol. The van der Waals surface area contributed by atoms with E-state index >= 15 is 0 Å². The van der Waals surface area contributed by atoms with Crippen LogP contribution >= 0.6 is 0 Å². The van der Waals surface area contributed by atoms with Gasteiger partial charge in [-0.3, -0.25) is 14.4 Å². The first-order valence-corrected chi connectivity index (χ1v) is 9.95. The maximum absolute atomic E-state index is 13.1. The molecule has 1 heterocycles. The highest BCUT2D eigenvalue weighted by atomic mass is 16.5. The molecular formula is C23H23N2O6-. The molecule has 1 aliphatic heterocycles. The van der Waals surface area contributed by atoms with E-state index in [0.29, 0.717) is 17.9 Å². The van der Waals surface area contributed by atoms with Crippen molar-refractivity contribution in [3.63, 3.8) is 0 Å². The Hall–Kier alpha value is -3.68. The Morgan fingerprint density at radius 1 is 1.06 bits per heavy atom. The third-order valence-corrected chi connectivity index (χ3v) is 5.18. The minimum absolute atomic E-state index is 0.145. The number of anilines is 1. The summed E-state index contributed by atoms with van der Waals surface area (Å²) in [6.07, 6.45) is -0.457. The van der Waals surface area contributed by atoms with Gasteiger partial charge in [0.05, 0.1) is 19.2 Å². The molecule has 8 heteroatoms. The molecule has 1 fully saturated rings. The zero-order chi connectivity index (χ0) is 22.4. The van der Waals surface area contributed by atoms with E-state index in [1.165, 1.54) is 4.90 Å². The molecule has 8 nitrogen and oxygen atoms in total. The monoisotopic (exact) mass is 423 g/mol. The predicted octanol–water partition coefficient (Wildman–Crippen LogP) is 0.929. The fraction of sp³-hybridized carbons (Fsp3) is 0.304. The number of imide groups is 1. The molecule has 0 saturated carbocycles. The first-order chi connectivity index (χ1) is 14.9. The SMILES string of the molecule is COc1ccc(CCN(C(=O)CCC(=O)[O-])[C@H]2CC(=O)N(c3ccccc3)C2=O)cc1. The van der Waals surface area contributed by atoms with Crippen LogP contribution in [0.2, 0.25) is 0 Å². The Morgan fingerprint density at radius 2 is 1.74 bits per heavy atom. The van der Waals surface area contributed by atoms with Gasteiger partial charge in [0.15, 0.2) is 0 Å². The number of hydrogen-bond acceptors (Lipinski definition) is 6. The van der Waals surface area contributed by atoms with Gasteiger partial charge in [0.2, 0.25) is 11.8 Å². The summed E-state index contributed by atoms with van der Waals surface area (Å²) in [4.78, 5) is 51.6. The van der Waals surface area contributed by atoms with Gasteiger partial charge in [0.1, 0.15) is 11.8 Å².